The molecule has 4 N–H and O–H groups in total. The summed E-state index contributed by atoms with van der Waals surface area (Å²) in [5.41, 5.74) is 7.94. The van der Waals surface area contributed by atoms with Crippen LogP contribution in [-0.2, 0) is 10.3 Å². The second-order valence-corrected chi connectivity index (χ2v) is 4.69. The van der Waals surface area contributed by atoms with Crippen molar-refractivity contribution in [2.75, 3.05) is 13.2 Å². The van der Waals surface area contributed by atoms with Gasteiger partial charge in [-0.15, -0.1) is 0 Å². The number of amidine groups is 1. The number of aliphatic imine (C=N–C) groups is 1. The van der Waals surface area contributed by atoms with Gasteiger partial charge < -0.3 is 16.2 Å². The number of hydrogen-bond donors (Lipinski definition) is 2. The summed E-state index contributed by atoms with van der Waals surface area (Å²) in [5.74, 6) is -1.90. The number of carbonyl (C=O) groups is 1. The summed E-state index contributed by atoms with van der Waals surface area (Å²) in [4.78, 5) is 14.9. The van der Waals surface area contributed by atoms with Crippen LogP contribution in [0.3, 0.4) is 0 Å². The van der Waals surface area contributed by atoms with E-state index in [0.29, 0.717) is 0 Å². The standard InChI is InChI=1S/C13H14F3N3O2/c14-9-2-1-7(11(18)20)5-8(9)13(12(15)16)3-4-21-6-10(17)19-13/h1-2,5,12H,3-4,6H2,(H2,17,19)(H2,18,20)/t13-/m0/s1. The number of nitrogens with zero attached hydrogens (tertiary/aromatic N) is 1. The summed E-state index contributed by atoms with van der Waals surface area (Å²) in [6.07, 6.45) is -3.28. The first-order chi connectivity index (χ1) is 9.86. The Balaban J connectivity index is 2.65. The molecule has 0 radical (unpaired) electrons. The van der Waals surface area contributed by atoms with Gasteiger partial charge in [-0.25, -0.2) is 13.2 Å². The predicted molar refractivity (Wildman–Crippen MR) is 69.7 cm³/mol. The van der Waals surface area contributed by atoms with Crippen molar-refractivity contribution in [3.8, 4) is 0 Å². The highest BCUT2D eigenvalue weighted by Gasteiger charge is 2.45. The third kappa shape index (κ3) is 2.85. The summed E-state index contributed by atoms with van der Waals surface area (Å²) in [7, 11) is 0. The molecule has 114 valence electrons. The van der Waals surface area contributed by atoms with Crippen LogP contribution >= 0.6 is 0 Å². The maximum absolute atomic E-state index is 14.0. The number of carbonyl (C=O) groups excluding carboxylic acids is 1. The van der Waals surface area contributed by atoms with Crippen LogP contribution in [0.2, 0.25) is 0 Å². The summed E-state index contributed by atoms with van der Waals surface area (Å²) in [6, 6.07) is 3.03. The third-order valence-electron chi connectivity index (χ3n) is 3.30. The highest BCUT2D eigenvalue weighted by atomic mass is 19.3. The molecule has 2 rings (SSSR count). The van der Waals surface area contributed by atoms with Crippen LogP contribution in [0, 0.1) is 5.82 Å². The molecule has 1 aliphatic heterocycles. The molecule has 0 saturated carbocycles. The number of rotatable bonds is 3. The fraction of sp³-hybridized carbons (Fsp3) is 0.385. The van der Waals surface area contributed by atoms with Crippen molar-refractivity contribution in [2.24, 2.45) is 16.5 Å². The maximum atomic E-state index is 14.0. The van der Waals surface area contributed by atoms with Crippen LogP contribution in [-0.4, -0.2) is 31.4 Å². The van der Waals surface area contributed by atoms with E-state index in [4.69, 9.17) is 16.2 Å². The minimum absolute atomic E-state index is 0.0607. The molecule has 8 heteroatoms. The lowest BCUT2D eigenvalue weighted by molar-refractivity contribution is 0.0330. The molecule has 1 amide bonds. The molecule has 0 fully saturated rings. The SMILES string of the molecule is NC(=O)c1ccc(F)c([C@]2(C(F)F)CCOCC(N)=N2)c1. The lowest BCUT2D eigenvalue weighted by atomic mass is 9.86. The Bertz CT molecular complexity index is 592. The number of benzene rings is 1. The van der Waals surface area contributed by atoms with E-state index >= 15 is 0 Å². The Kier molecular flexibility index (Phi) is 4.17. The van der Waals surface area contributed by atoms with E-state index in [1.165, 1.54) is 0 Å². The molecule has 0 aromatic heterocycles. The van der Waals surface area contributed by atoms with Crippen molar-refractivity contribution < 1.29 is 22.7 Å². The Morgan fingerprint density at radius 3 is 2.76 bits per heavy atom. The number of primary amides is 1. The molecule has 0 bridgehead atoms. The highest BCUT2D eigenvalue weighted by molar-refractivity contribution is 5.93. The van der Waals surface area contributed by atoms with Crippen LogP contribution in [0.25, 0.3) is 0 Å². The molecule has 0 unspecified atom stereocenters. The van der Waals surface area contributed by atoms with Gasteiger partial charge in [-0.2, -0.15) is 0 Å². The number of ether oxygens (including phenoxy) is 1. The van der Waals surface area contributed by atoms with Gasteiger partial charge in [0, 0.05) is 17.5 Å². The van der Waals surface area contributed by atoms with Crippen molar-refractivity contribution in [3.63, 3.8) is 0 Å². The zero-order valence-corrected chi connectivity index (χ0v) is 11.0. The Labute approximate surface area is 118 Å². The van der Waals surface area contributed by atoms with Crippen LogP contribution in [0.4, 0.5) is 13.2 Å². The topological polar surface area (TPSA) is 90.7 Å². The van der Waals surface area contributed by atoms with Gasteiger partial charge in [0.15, 0.2) is 5.54 Å². The lowest BCUT2D eigenvalue weighted by Crippen LogP contribution is -2.36. The summed E-state index contributed by atoms with van der Waals surface area (Å²) < 4.78 is 46.3. The fourth-order valence-electron chi connectivity index (χ4n) is 2.23. The van der Waals surface area contributed by atoms with Gasteiger partial charge >= 0.3 is 0 Å². The smallest absolute Gasteiger partial charge is 0.267 e. The van der Waals surface area contributed by atoms with Crippen LogP contribution < -0.4 is 11.5 Å². The maximum Gasteiger partial charge on any atom is 0.267 e. The fourth-order valence-corrected chi connectivity index (χ4v) is 2.23. The molecule has 1 aliphatic rings. The Hall–Kier alpha value is -2.09. The third-order valence-corrected chi connectivity index (χ3v) is 3.30. The summed E-state index contributed by atoms with van der Waals surface area (Å²) in [6.45, 7) is -0.166. The van der Waals surface area contributed by atoms with Crippen molar-refractivity contribution in [2.45, 2.75) is 18.4 Å². The molecular formula is C13H14F3N3O2. The molecular weight excluding hydrogens is 287 g/mol. The largest absolute Gasteiger partial charge is 0.385 e. The first-order valence-electron chi connectivity index (χ1n) is 6.17. The van der Waals surface area contributed by atoms with E-state index in [0.717, 1.165) is 18.2 Å². The van der Waals surface area contributed by atoms with Crippen molar-refractivity contribution in [1.29, 1.82) is 0 Å². The van der Waals surface area contributed by atoms with Crippen LogP contribution in [0.1, 0.15) is 22.3 Å². The quantitative estimate of drug-likeness (QED) is 0.877. The van der Waals surface area contributed by atoms with E-state index in [-0.39, 0.29) is 31.0 Å². The molecule has 1 aromatic rings. The first-order valence-corrected chi connectivity index (χ1v) is 6.17. The second kappa shape index (κ2) is 5.72. The number of amides is 1. The van der Waals surface area contributed by atoms with Gasteiger partial charge in [-0.1, -0.05) is 0 Å². The highest BCUT2D eigenvalue weighted by Crippen LogP contribution is 2.39. The van der Waals surface area contributed by atoms with E-state index < -0.39 is 29.3 Å². The van der Waals surface area contributed by atoms with Gasteiger partial charge in [0.2, 0.25) is 5.91 Å². The molecule has 0 saturated heterocycles. The van der Waals surface area contributed by atoms with Crippen LogP contribution in [0.5, 0.6) is 0 Å². The van der Waals surface area contributed by atoms with Gasteiger partial charge in [0.05, 0.1) is 6.61 Å². The average Bonchev–Trinajstić information content (AvgIpc) is 2.61. The Morgan fingerprint density at radius 2 is 2.14 bits per heavy atom. The molecule has 0 aliphatic carbocycles. The number of alkyl halides is 2. The van der Waals surface area contributed by atoms with Crippen molar-refractivity contribution >= 4 is 11.7 Å². The lowest BCUT2D eigenvalue weighted by Gasteiger charge is -2.29. The number of halogens is 3. The molecule has 1 atom stereocenters. The molecule has 21 heavy (non-hydrogen) atoms. The van der Waals surface area contributed by atoms with E-state index in [1.54, 1.807) is 0 Å². The normalized spacial score (nSPS) is 22.8. The zero-order chi connectivity index (χ0) is 15.6. The van der Waals surface area contributed by atoms with Crippen molar-refractivity contribution in [1.82, 2.24) is 0 Å². The molecule has 5 nitrogen and oxygen atoms in total. The second-order valence-electron chi connectivity index (χ2n) is 4.69. The van der Waals surface area contributed by atoms with Gasteiger partial charge in [-0.05, 0) is 18.2 Å². The van der Waals surface area contributed by atoms with Gasteiger partial charge in [-0.3, -0.25) is 9.79 Å². The van der Waals surface area contributed by atoms with E-state index in [1.807, 2.05) is 0 Å². The van der Waals surface area contributed by atoms with E-state index in [2.05, 4.69) is 4.99 Å². The number of nitrogens with two attached hydrogens (primary N) is 2. The van der Waals surface area contributed by atoms with Gasteiger partial charge in [0.25, 0.3) is 6.43 Å². The summed E-state index contributed by atoms with van der Waals surface area (Å²) >= 11 is 0. The monoisotopic (exact) mass is 301 g/mol. The molecule has 1 aromatic carbocycles. The van der Waals surface area contributed by atoms with Crippen molar-refractivity contribution in [3.05, 3.63) is 35.1 Å². The predicted octanol–water partition coefficient (Wildman–Crippen LogP) is 1.16. The summed E-state index contributed by atoms with van der Waals surface area (Å²) in [5, 5.41) is 0. The minimum Gasteiger partial charge on any atom is -0.385 e. The number of hydrogen-bond acceptors (Lipinski definition) is 4. The minimum atomic E-state index is -3.02. The molecule has 1 heterocycles. The van der Waals surface area contributed by atoms with E-state index in [9.17, 15) is 18.0 Å². The van der Waals surface area contributed by atoms with Gasteiger partial charge in [0.1, 0.15) is 18.3 Å². The first kappa shape index (κ1) is 15.3. The Morgan fingerprint density at radius 1 is 1.43 bits per heavy atom. The average molecular weight is 301 g/mol. The van der Waals surface area contributed by atoms with Crippen LogP contribution in [0.15, 0.2) is 23.2 Å². The zero-order valence-electron chi connectivity index (χ0n) is 11.0. The molecule has 0 spiro atoms.